The van der Waals surface area contributed by atoms with Gasteiger partial charge in [-0.3, -0.25) is 0 Å². The fraction of sp³-hybridized carbons (Fsp3) is 0.600. The second-order valence-corrected chi connectivity index (χ2v) is 5.57. The highest BCUT2D eigenvalue weighted by Gasteiger charge is 2.16. The molecule has 1 atom stereocenters. The fourth-order valence-electron chi connectivity index (χ4n) is 2.79. The maximum atomic E-state index is 5.41. The summed E-state index contributed by atoms with van der Waals surface area (Å²) >= 11 is 0. The number of benzene rings is 1. The Balaban J connectivity index is 1.49. The second kappa shape index (κ2) is 5.80. The van der Waals surface area contributed by atoms with E-state index in [4.69, 9.17) is 9.47 Å². The summed E-state index contributed by atoms with van der Waals surface area (Å²) in [5.41, 5.74) is 1.29. The van der Waals surface area contributed by atoms with E-state index in [1.165, 1.54) is 31.5 Å². The van der Waals surface area contributed by atoms with Crippen LogP contribution in [0.5, 0.6) is 11.5 Å². The summed E-state index contributed by atoms with van der Waals surface area (Å²) in [5.74, 6) is 2.61. The molecule has 1 aromatic rings. The van der Waals surface area contributed by atoms with E-state index < -0.39 is 0 Å². The van der Waals surface area contributed by atoms with E-state index in [-0.39, 0.29) is 0 Å². The molecule has 1 saturated heterocycles. The van der Waals surface area contributed by atoms with E-state index in [9.17, 15) is 0 Å². The van der Waals surface area contributed by atoms with Gasteiger partial charge in [-0.05, 0) is 63.1 Å². The third kappa shape index (κ3) is 3.19. The first-order valence-electron chi connectivity index (χ1n) is 7.09. The van der Waals surface area contributed by atoms with Crippen LogP contribution in [0.15, 0.2) is 18.2 Å². The molecule has 0 bridgehead atoms. The summed E-state index contributed by atoms with van der Waals surface area (Å²) in [4.78, 5) is 2.38. The summed E-state index contributed by atoms with van der Waals surface area (Å²) in [6, 6.07) is 6.23. The van der Waals surface area contributed by atoms with E-state index >= 15 is 0 Å². The Morgan fingerprint density at radius 2 is 2.21 bits per heavy atom. The number of hydrogen-bond donors (Lipinski definition) is 1. The molecule has 2 aliphatic rings. The van der Waals surface area contributed by atoms with Gasteiger partial charge in [-0.1, -0.05) is 6.07 Å². The van der Waals surface area contributed by atoms with Crippen LogP contribution in [-0.4, -0.2) is 38.4 Å². The van der Waals surface area contributed by atoms with Gasteiger partial charge in [0.2, 0.25) is 6.79 Å². The standard InChI is InChI=1S/C15H22N2O2/c1-17(7-5-12-4-6-16-9-12)10-13-2-3-14-15(8-13)19-11-18-14/h2-3,8,12,16H,4-7,9-11H2,1H3. The molecule has 104 valence electrons. The van der Waals surface area contributed by atoms with Crippen LogP contribution in [0.4, 0.5) is 0 Å². The molecule has 0 radical (unpaired) electrons. The zero-order valence-electron chi connectivity index (χ0n) is 11.5. The van der Waals surface area contributed by atoms with Gasteiger partial charge in [0.1, 0.15) is 0 Å². The Bertz CT molecular complexity index is 430. The number of fused-ring (bicyclic) bond motifs is 1. The Morgan fingerprint density at radius 3 is 3.05 bits per heavy atom. The lowest BCUT2D eigenvalue weighted by atomic mass is 10.0. The predicted octanol–water partition coefficient (Wildman–Crippen LogP) is 1.85. The molecule has 1 N–H and O–H groups in total. The molecule has 2 heterocycles. The third-order valence-corrected chi connectivity index (χ3v) is 3.97. The van der Waals surface area contributed by atoms with Crippen molar-refractivity contribution in [2.75, 3.05) is 33.5 Å². The summed E-state index contributed by atoms with van der Waals surface area (Å²) in [6.45, 7) is 4.86. The van der Waals surface area contributed by atoms with Crippen LogP contribution >= 0.6 is 0 Å². The second-order valence-electron chi connectivity index (χ2n) is 5.57. The van der Waals surface area contributed by atoms with Gasteiger partial charge in [0.05, 0.1) is 0 Å². The molecule has 0 amide bonds. The van der Waals surface area contributed by atoms with E-state index in [1.54, 1.807) is 0 Å². The molecule has 0 aromatic heterocycles. The predicted molar refractivity (Wildman–Crippen MR) is 74.5 cm³/mol. The zero-order valence-corrected chi connectivity index (χ0v) is 11.5. The highest BCUT2D eigenvalue weighted by molar-refractivity contribution is 5.44. The van der Waals surface area contributed by atoms with Crippen molar-refractivity contribution < 1.29 is 9.47 Å². The Labute approximate surface area is 114 Å². The Morgan fingerprint density at radius 1 is 1.32 bits per heavy atom. The van der Waals surface area contributed by atoms with E-state index in [1.807, 2.05) is 6.07 Å². The lowest BCUT2D eigenvalue weighted by molar-refractivity contribution is 0.174. The highest BCUT2D eigenvalue weighted by atomic mass is 16.7. The van der Waals surface area contributed by atoms with Crippen LogP contribution in [0.2, 0.25) is 0 Å². The van der Waals surface area contributed by atoms with Crippen molar-refractivity contribution in [3.63, 3.8) is 0 Å². The first-order chi connectivity index (χ1) is 9.31. The van der Waals surface area contributed by atoms with Gasteiger partial charge in [0.25, 0.3) is 0 Å². The highest BCUT2D eigenvalue weighted by Crippen LogP contribution is 2.32. The SMILES string of the molecule is CN(CCC1CCNC1)Cc1ccc2c(c1)OCO2. The topological polar surface area (TPSA) is 33.7 Å². The number of hydrogen-bond acceptors (Lipinski definition) is 4. The summed E-state index contributed by atoms with van der Waals surface area (Å²) in [5, 5.41) is 3.43. The zero-order chi connectivity index (χ0) is 13.1. The van der Waals surface area contributed by atoms with Gasteiger partial charge in [-0.25, -0.2) is 0 Å². The Kier molecular flexibility index (Phi) is 3.89. The van der Waals surface area contributed by atoms with Crippen molar-refractivity contribution in [3.8, 4) is 11.5 Å². The van der Waals surface area contributed by atoms with Crippen molar-refractivity contribution in [1.82, 2.24) is 10.2 Å². The van der Waals surface area contributed by atoms with Crippen LogP contribution in [0.3, 0.4) is 0 Å². The first-order valence-corrected chi connectivity index (χ1v) is 7.09. The molecule has 2 aliphatic heterocycles. The van der Waals surface area contributed by atoms with Crippen LogP contribution in [0, 0.1) is 5.92 Å². The van der Waals surface area contributed by atoms with Crippen molar-refractivity contribution >= 4 is 0 Å². The van der Waals surface area contributed by atoms with Crippen LogP contribution in [0.1, 0.15) is 18.4 Å². The van der Waals surface area contributed by atoms with Crippen molar-refractivity contribution in [2.45, 2.75) is 19.4 Å². The first kappa shape index (κ1) is 12.8. The molecule has 19 heavy (non-hydrogen) atoms. The van der Waals surface area contributed by atoms with Crippen LogP contribution in [-0.2, 0) is 6.54 Å². The fourth-order valence-corrected chi connectivity index (χ4v) is 2.79. The summed E-state index contributed by atoms with van der Waals surface area (Å²) in [6.07, 6.45) is 2.62. The largest absolute Gasteiger partial charge is 0.454 e. The van der Waals surface area contributed by atoms with Crippen molar-refractivity contribution in [1.29, 1.82) is 0 Å². The Hall–Kier alpha value is -1.26. The van der Waals surface area contributed by atoms with E-state index in [0.29, 0.717) is 6.79 Å². The third-order valence-electron chi connectivity index (χ3n) is 3.97. The molecule has 1 unspecified atom stereocenters. The molecular formula is C15H22N2O2. The minimum Gasteiger partial charge on any atom is -0.454 e. The minimum atomic E-state index is 0.351. The number of nitrogens with zero attached hydrogens (tertiary/aromatic N) is 1. The molecule has 1 aromatic carbocycles. The quantitative estimate of drug-likeness (QED) is 0.878. The molecule has 3 rings (SSSR count). The minimum absolute atomic E-state index is 0.351. The van der Waals surface area contributed by atoms with Gasteiger partial charge >= 0.3 is 0 Å². The molecule has 4 heteroatoms. The summed E-state index contributed by atoms with van der Waals surface area (Å²) in [7, 11) is 2.19. The van der Waals surface area contributed by atoms with E-state index in [0.717, 1.165) is 30.5 Å². The van der Waals surface area contributed by atoms with E-state index in [2.05, 4.69) is 29.4 Å². The maximum Gasteiger partial charge on any atom is 0.231 e. The van der Waals surface area contributed by atoms with Crippen molar-refractivity contribution in [2.24, 2.45) is 5.92 Å². The smallest absolute Gasteiger partial charge is 0.231 e. The van der Waals surface area contributed by atoms with Gasteiger partial charge < -0.3 is 19.7 Å². The monoisotopic (exact) mass is 262 g/mol. The summed E-state index contributed by atoms with van der Waals surface area (Å²) < 4.78 is 10.7. The molecule has 0 aliphatic carbocycles. The molecular weight excluding hydrogens is 240 g/mol. The number of rotatable bonds is 5. The van der Waals surface area contributed by atoms with Gasteiger partial charge in [-0.15, -0.1) is 0 Å². The van der Waals surface area contributed by atoms with Gasteiger partial charge in [0, 0.05) is 6.54 Å². The van der Waals surface area contributed by atoms with Crippen LogP contribution < -0.4 is 14.8 Å². The number of nitrogens with one attached hydrogen (secondary N) is 1. The van der Waals surface area contributed by atoms with Crippen molar-refractivity contribution in [3.05, 3.63) is 23.8 Å². The molecule has 1 fully saturated rings. The average Bonchev–Trinajstić information content (AvgIpc) is 3.07. The van der Waals surface area contributed by atoms with Gasteiger partial charge in [0.15, 0.2) is 11.5 Å². The van der Waals surface area contributed by atoms with Crippen LogP contribution in [0.25, 0.3) is 0 Å². The lowest BCUT2D eigenvalue weighted by Gasteiger charge is -2.18. The number of ether oxygens (including phenoxy) is 2. The molecule has 4 nitrogen and oxygen atoms in total. The normalized spacial score (nSPS) is 21.3. The molecule has 0 saturated carbocycles. The average molecular weight is 262 g/mol. The molecule has 0 spiro atoms. The van der Waals surface area contributed by atoms with Gasteiger partial charge in [-0.2, -0.15) is 0 Å². The maximum absolute atomic E-state index is 5.41. The lowest BCUT2D eigenvalue weighted by Crippen LogP contribution is -2.22.